The van der Waals surface area contributed by atoms with Gasteiger partial charge in [0.15, 0.2) is 5.78 Å². The van der Waals surface area contributed by atoms with Crippen molar-refractivity contribution < 1.29 is 28.6 Å². The first kappa shape index (κ1) is 16.7. The Kier molecular flexibility index (Phi) is 5.05. The lowest BCUT2D eigenvalue weighted by atomic mass is 9.79. The molecule has 0 aromatic heterocycles. The number of carbonyl (C=O) groups excluding carboxylic acids is 3. The number of hydrogen-bond acceptors (Lipinski definition) is 6. The van der Waals surface area contributed by atoms with E-state index in [1.807, 2.05) is 0 Å². The van der Waals surface area contributed by atoms with Crippen molar-refractivity contribution in [3.8, 4) is 0 Å². The van der Waals surface area contributed by atoms with Crippen LogP contribution in [0.5, 0.6) is 0 Å². The number of ketones is 1. The van der Waals surface area contributed by atoms with E-state index >= 15 is 0 Å². The molecule has 2 fully saturated rings. The SMILES string of the molecule is CCOC(=O)C1C(=O)C(C)OC12CCN(C(=O)OCC)CC2. The van der Waals surface area contributed by atoms with Gasteiger partial charge in [0.25, 0.3) is 0 Å². The molecular formula is C15H23NO6. The number of hydrogen-bond donors (Lipinski definition) is 0. The maximum Gasteiger partial charge on any atom is 0.409 e. The summed E-state index contributed by atoms with van der Waals surface area (Å²) in [5, 5.41) is 0. The van der Waals surface area contributed by atoms with E-state index in [-0.39, 0.29) is 18.5 Å². The molecule has 2 atom stereocenters. The van der Waals surface area contributed by atoms with Crippen molar-refractivity contribution >= 4 is 17.8 Å². The quantitative estimate of drug-likeness (QED) is 0.574. The number of nitrogens with zero attached hydrogens (tertiary/aromatic N) is 1. The van der Waals surface area contributed by atoms with Crippen LogP contribution in [0, 0.1) is 5.92 Å². The van der Waals surface area contributed by atoms with Crippen LogP contribution in [0.15, 0.2) is 0 Å². The van der Waals surface area contributed by atoms with Gasteiger partial charge in [0.05, 0.1) is 18.8 Å². The minimum Gasteiger partial charge on any atom is -0.465 e. The summed E-state index contributed by atoms with van der Waals surface area (Å²) >= 11 is 0. The van der Waals surface area contributed by atoms with Crippen molar-refractivity contribution in [3.05, 3.63) is 0 Å². The van der Waals surface area contributed by atoms with Gasteiger partial charge in [-0.15, -0.1) is 0 Å². The van der Waals surface area contributed by atoms with Crippen LogP contribution in [0.25, 0.3) is 0 Å². The van der Waals surface area contributed by atoms with Gasteiger partial charge in [0, 0.05) is 13.1 Å². The first-order valence-corrected chi connectivity index (χ1v) is 7.75. The lowest BCUT2D eigenvalue weighted by molar-refractivity contribution is -0.159. The fraction of sp³-hybridized carbons (Fsp3) is 0.800. The molecule has 0 aromatic rings. The molecular weight excluding hydrogens is 290 g/mol. The standard InChI is InChI=1S/C15H23NO6/c1-4-20-13(18)11-12(17)10(3)22-15(11)6-8-16(9-7-15)14(19)21-5-2/h10-11H,4-9H2,1-3H3. The predicted octanol–water partition coefficient (Wildman–Crippen LogP) is 1.14. The summed E-state index contributed by atoms with van der Waals surface area (Å²) in [5.41, 5.74) is -0.855. The largest absolute Gasteiger partial charge is 0.465 e. The van der Waals surface area contributed by atoms with Gasteiger partial charge >= 0.3 is 12.1 Å². The fourth-order valence-corrected chi connectivity index (χ4v) is 3.22. The molecule has 2 heterocycles. The number of rotatable bonds is 3. The zero-order valence-corrected chi connectivity index (χ0v) is 13.3. The average molecular weight is 313 g/mol. The summed E-state index contributed by atoms with van der Waals surface area (Å²) < 4.78 is 15.9. The van der Waals surface area contributed by atoms with Crippen LogP contribution in [0.3, 0.4) is 0 Å². The Morgan fingerprint density at radius 1 is 1.23 bits per heavy atom. The molecule has 7 nitrogen and oxygen atoms in total. The number of likely N-dealkylation sites (tertiary alicyclic amines) is 1. The third kappa shape index (κ3) is 2.95. The molecule has 0 bridgehead atoms. The fourth-order valence-electron chi connectivity index (χ4n) is 3.22. The smallest absolute Gasteiger partial charge is 0.409 e. The molecule has 2 rings (SSSR count). The van der Waals surface area contributed by atoms with E-state index in [0.717, 1.165) is 0 Å². The molecule has 7 heteroatoms. The van der Waals surface area contributed by atoms with Crippen LogP contribution in [-0.2, 0) is 23.8 Å². The van der Waals surface area contributed by atoms with Crippen molar-refractivity contribution in [1.29, 1.82) is 0 Å². The molecule has 22 heavy (non-hydrogen) atoms. The first-order valence-electron chi connectivity index (χ1n) is 7.75. The summed E-state index contributed by atoms with van der Waals surface area (Å²) in [6.45, 7) is 6.45. The number of esters is 1. The zero-order chi connectivity index (χ0) is 16.3. The summed E-state index contributed by atoms with van der Waals surface area (Å²) in [4.78, 5) is 37.8. The highest BCUT2D eigenvalue weighted by Crippen LogP contribution is 2.42. The topological polar surface area (TPSA) is 82.1 Å². The Hall–Kier alpha value is -1.63. The second-order valence-corrected chi connectivity index (χ2v) is 5.60. The Balaban J connectivity index is 2.11. The van der Waals surface area contributed by atoms with Crippen molar-refractivity contribution in [2.24, 2.45) is 5.92 Å². The van der Waals surface area contributed by atoms with Crippen molar-refractivity contribution in [2.75, 3.05) is 26.3 Å². The van der Waals surface area contributed by atoms with E-state index in [2.05, 4.69) is 0 Å². The van der Waals surface area contributed by atoms with Gasteiger partial charge in [0.1, 0.15) is 12.0 Å². The summed E-state index contributed by atoms with van der Waals surface area (Å²) in [5.74, 6) is -1.66. The number of amides is 1. The molecule has 1 amide bonds. The van der Waals surface area contributed by atoms with Crippen LogP contribution in [0.2, 0.25) is 0 Å². The van der Waals surface area contributed by atoms with Gasteiger partial charge < -0.3 is 19.1 Å². The maximum absolute atomic E-state index is 12.3. The molecule has 2 aliphatic rings. The monoisotopic (exact) mass is 313 g/mol. The summed E-state index contributed by atoms with van der Waals surface area (Å²) in [7, 11) is 0. The van der Waals surface area contributed by atoms with E-state index < -0.39 is 23.6 Å². The average Bonchev–Trinajstić information content (AvgIpc) is 2.71. The van der Waals surface area contributed by atoms with E-state index in [4.69, 9.17) is 14.2 Å². The molecule has 1 spiro atoms. The van der Waals surface area contributed by atoms with Gasteiger partial charge in [-0.1, -0.05) is 0 Å². The van der Waals surface area contributed by atoms with E-state index in [1.165, 1.54) is 0 Å². The first-order chi connectivity index (χ1) is 10.4. The van der Waals surface area contributed by atoms with Crippen LogP contribution < -0.4 is 0 Å². The Bertz CT molecular complexity index is 455. The molecule has 2 unspecified atom stereocenters. The molecule has 2 aliphatic heterocycles. The molecule has 124 valence electrons. The summed E-state index contributed by atoms with van der Waals surface area (Å²) in [6.07, 6.45) is -0.150. The minimum absolute atomic E-state index is 0.224. The predicted molar refractivity (Wildman–Crippen MR) is 76.2 cm³/mol. The van der Waals surface area contributed by atoms with Crippen molar-refractivity contribution in [1.82, 2.24) is 4.90 Å². The third-order valence-electron chi connectivity index (χ3n) is 4.28. The lowest BCUT2D eigenvalue weighted by Crippen LogP contribution is -2.52. The summed E-state index contributed by atoms with van der Waals surface area (Å²) in [6, 6.07) is 0. The molecule has 0 saturated carbocycles. The minimum atomic E-state index is -0.896. The van der Waals surface area contributed by atoms with Crippen LogP contribution in [0.1, 0.15) is 33.6 Å². The van der Waals surface area contributed by atoms with Crippen LogP contribution in [0.4, 0.5) is 4.79 Å². The number of piperidine rings is 1. The number of carbonyl (C=O) groups is 3. The maximum atomic E-state index is 12.3. The Morgan fingerprint density at radius 2 is 1.82 bits per heavy atom. The Labute approximate surface area is 129 Å². The lowest BCUT2D eigenvalue weighted by Gasteiger charge is -2.40. The van der Waals surface area contributed by atoms with E-state index in [1.54, 1.807) is 25.7 Å². The molecule has 2 saturated heterocycles. The second-order valence-electron chi connectivity index (χ2n) is 5.60. The second kappa shape index (κ2) is 6.64. The third-order valence-corrected chi connectivity index (χ3v) is 4.28. The van der Waals surface area contributed by atoms with E-state index in [0.29, 0.717) is 32.5 Å². The van der Waals surface area contributed by atoms with Crippen molar-refractivity contribution in [3.63, 3.8) is 0 Å². The van der Waals surface area contributed by atoms with Gasteiger partial charge in [0.2, 0.25) is 0 Å². The highest BCUT2D eigenvalue weighted by Gasteiger charge is 2.58. The number of ether oxygens (including phenoxy) is 3. The van der Waals surface area contributed by atoms with Gasteiger partial charge in [-0.25, -0.2) is 4.79 Å². The van der Waals surface area contributed by atoms with E-state index in [9.17, 15) is 14.4 Å². The molecule has 0 aromatic carbocycles. The highest BCUT2D eigenvalue weighted by molar-refractivity contribution is 6.04. The van der Waals surface area contributed by atoms with Crippen molar-refractivity contribution in [2.45, 2.75) is 45.3 Å². The van der Waals surface area contributed by atoms with Gasteiger partial charge in [-0.2, -0.15) is 0 Å². The van der Waals surface area contributed by atoms with Crippen LogP contribution in [-0.4, -0.2) is 60.8 Å². The zero-order valence-electron chi connectivity index (χ0n) is 13.3. The number of Topliss-reactive ketones (excluding diaryl/α,β-unsaturated/α-hetero) is 1. The Morgan fingerprint density at radius 3 is 2.36 bits per heavy atom. The molecule has 0 N–H and O–H groups in total. The van der Waals surface area contributed by atoms with Gasteiger partial charge in [-0.3, -0.25) is 9.59 Å². The molecule has 0 aliphatic carbocycles. The molecule has 0 radical (unpaired) electrons. The normalized spacial score (nSPS) is 27.0. The van der Waals surface area contributed by atoms with Crippen LogP contribution >= 0.6 is 0 Å². The highest BCUT2D eigenvalue weighted by atomic mass is 16.6. The van der Waals surface area contributed by atoms with Gasteiger partial charge in [-0.05, 0) is 33.6 Å².